The van der Waals surface area contributed by atoms with Crippen LogP contribution in [-0.2, 0) is 14.8 Å². The van der Waals surface area contributed by atoms with Crippen molar-refractivity contribution in [3.05, 3.63) is 65.2 Å². The molecule has 0 saturated heterocycles. The van der Waals surface area contributed by atoms with Gasteiger partial charge in [0.1, 0.15) is 0 Å². The third-order valence-corrected chi connectivity index (χ3v) is 9.72. The number of fused-ring (bicyclic) bond motifs is 4. The van der Waals surface area contributed by atoms with Gasteiger partial charge in [0.25, 0.3) is 10.0 Å². The maximum absolute atomic E-state index is 13.7. The smallest absolute Gasteiger partial charge is 0.407 e. The quantitative estimate of drug-likeness (QED) is 0.315. The largest absolute Gasteiger partial charge is 0.477 e. The van der Waals surface area contributed by atoms with Crippen LogP contribution in [0.5, 0.6) is 5.88 Å². The molecule has 44 heavy (non-hydrogen) atoms. The van der Waals surface area contributed by atoms with Crippen LogP contribution in [-0.4, -0.2) is 43.2 Å². The number of carbonyl (C=O) groups is 1. The molecule has 10 heteroatoms. The Kier molecular flexibility index (Phi) is 8.94. The van der Waals surface area contributed by atoms with Crippen LogP contribution in [0.2, 0.25) is 0 Å². The van der Waals surface area contributed by atoms with Gasteiger partial charge in [-0.15, -0.1) is 0 Å². The average Bonchev–Trinajstić information content (AvgIpc) is 2.88. The van der Waals surface area contributed by atoms with Crippen LogP contribution in [0.3, 0.4) is 0 Å². The number of hydrogen-bond donors (Lipinski definition) is 2. The molecule has 0 radical (unpaired) electrons. The number of aromatic nitrogens is 2. The summed E-state index contributed by atoms with van der Waals surface area (Å²) in [6.07, 6.45) is 1.78. The van der Waals surface area contributed by atoms with E-state index >= 15 is 0 Å². The van der Waals surface area contributed by atoms with Crippen LogP contribution in [0.15, 0.2) is 53.4 Å². The van der Waals surface area contributed by atoms with Gasteiger partial charge in [0.15, 0.2) is 0 Å². The molecule has 2 aliphatic rings. The molecule has 2 aromatic carbocycles. The van der Waals surface area contributed by atoms with E-state index in [0.29, 0.717) is 18.2 Å². The predicted octanol–water partition coefficient (Wildman–Crippen LogP) is 7.00. The highest BCUT2D eigenvalue weighted by atomic mass is 32.2. The van der Waals surface area contributed by atoms with Gasteiger partial charge in [0, 0.05) is 23.6 Å². The standard InChI is InChI=1S/C34H44N4O5S/c1-20(2)43-33(39)35-26-14-24(15-26)31-23-12-9-13-27(16-23)44(40,41)38-32-36-28(30-21(3)10-8-11-22(30)4)17-29(37-32)42-19-25(31)18-34(5,6)7/h8-13,16-17,20,24-26,31H,14-15,18-19H2,1-7H3,(H,35,39)(H,36,37,38)/t24-,25-,26+,31?/m1/s1. The van der Waals surface area contributed by atoms with Crippen LogP contribution >= 0.6 is 0 Å². The number of hydrogen-bond acceptors (Lipinski definition) is 7. The molecule has 0 spiro atoms. The van der Waals surface area contributed by atoms with Crippen LogP contribution in [0, 0.1) is 31.1 Å². The van der Waals surface area contributed by atoms with Gasteiger partial charge in [-0.25, -0.2) is 22.9 Å². The second-order valence-electron chi connectivity index (χ2n) is 13.7. The number of carbonyl (C=O) groups excluding carboxylic acids is 1. The van der Waals surface area contributed by atoms with E-state index in [1.54, 1.807) is 24.3 Å². The number of nitrogens with zero attached hydrogens (tertiary/aromatic N) is 2. The summed E-state index contributed by atoms with van der Waals surface area (Å²) in [5.74, 6) is 0.562. The number of sulfonamides is 1. The minimum absolute atomic E-state index is 0.00162. The Hall–Kier alpha value is -3.66. The van der Waals surface area contributed by atoms with Crippen molar-refractivity contribution in [1.29, 1.82) is 0 Å². The summed E-state index contributed by atoms with van der Waals surface area (Å²) in [6, 6.07) is 15.0. The summed E-state index contributed by atoms with van der Waals surface area (Å²) in [7, 11) is -4.00. The molecule has 1 aliphatic heterocycles. The molecule has 1 unspecified atom stereocenters. The number of anilines is 1. The molecule has 1 fully saturated rings. The summed E-state index contributed by atoms with van der Waals surface area (Å²) in [5.41, 5.74) is 4.49. The first kappa shape index (κ1) is 31.8. The van der Waals surface area contributed by atoms with Crippen molar-refractivity contribution in [2.24, 2.45) is 17.3 Å². The number of amides is 1. The summed E-state index contributed by atoms with van der Waals surface area (Å²) < 4.78 is 41.8. The Balaban J connectivity index is 1.55. The number of benzene rings is 2. The molecule has 1 aromatic heterocycles. The van der Waals surface area contributed by atoms with E-state index in [4.69, 9.17) is 9.47 Å². The van der Waals surface area contributed by atoms with E-state index in [-0.39, 0.29) is 46.2 Å². The van der Waals surface area contributed by atoms with Crippen molar-refractivity contribution < 1.29 is 22.7 Å². The van der Waals surface area contributed by atoms with Crippen molar-refractivity contribution in [2.45, 2.75) is 90.7 Å². The van der Waals surface area contributed by atoms with Crippen molar-refractivity contribution in [1.82, 2.24) is 15.3 Å². The van der Waals surface area contributed by atoms with Crippen LogP contribution in [0.4, 0.5) is 10.7 Å². The molecule has 5 rings (SSSR count). The van der Waals surface area contributed by atoms with Gasteiger partial charge in [0.05, 0.1) is 23.3 Å². The summed E-state index contributed by atoms with van der Waals surface area (Å²) in [5, 5.41) is 2.99. The fourth-order valence-electron chi connectivity index (χ4n) is 6.64. The molecular weight excluding hydrogens is 576 g/mol. The zero-order valence-corrected chi connectivity index (χ0v) is 27.5. The Morgan fingerprint density at radius 3 is 2.41 bits per heavy atom. The van der Waals surface area contributed by atoms with Crippen LogP contribution in [0.25, 0.3) is 11.3 Å². The molecule has 9 nitrogen and oxygen atoms in total. The third kappa shape index (κ3) is 7.34. The normalized spacial score (nSPS) is 22.8. The van der Waals surface area contributed by atoms with Crippen LogP contribution < -0.4 is 14.8 Å². The van der Waals surface area contributed by atoms with E-state index in [9.17, 15) is 13.2 Å². The first-order valence-corrected chi connectivity index (χ1v) is 16.9. The highest BCUT2D eigenvalue weighted by molar-refractivity contribution is 7.92. The zero-order valence-electron chi connectivity index (χ0n) is 26.7. The van der Waals surface area contributed by atoms with Crippen molar-refractivity contribution >= 4 is 22.1 Å². The summed E-state index contributed by atoms with van der Waals surface area (Å²) in [4.78, 5) is 21.6. The van der Waals surface area contributed by atoms with E-state index in [0.717, 1.165) is 41.5 Å². The zero-order chi connectivity index (χ0) is 31.8. The van der Waals surface area contributed by atoms with Gasteiger partial charge in [0.2, 0.25) is 11.8 Å². The Morgan fingerprint density at radius 1 is 1.07 bits per heavy atom. The fraction of sp³-hybridized carbons (Fsp3) is 0.500. The van der Waals surface area contributed by atoms with Crippen molar-refractivity contribution in [3.63, 3.8) is 0 Å². The fourth-order valence-corrected chi connectivity index (χ4v) is 7.64. The molecule has 1 amide bonds. The van der Waals surface area contributed by atoms with Gasteiger partial charge >= 0.3 is 6.09 Å². The SMILES string of the molecule is Cc1cccc(C)c1-c1cc2nc(n1)NS(=O)(=O)c1cccc(c1)C([C@H]1C[C@@H](NC(=O)OC(C)C)C1)[C@H](CC(C)(C)C)CO2. The Bertz CT molecular complexity index is 1610. The highest BCUT2D eigenvalue weighted by Crippen LogP contribution is 2.47. The van der Waals surface area contributed by atoms with Gasteiger partial charge < -0.3 is 14.8 Å². The lowest BCUT2D eigenvalue weighted by Crippen LogP contribution is -2.48. The van der Waals surface area contributed by atoms with E-state index in [1.165, 1.54) is 0 Å². The van der Waals surface area contributed by atoms with Gasteiger partial charge in [-0.1, -0.05) is 51.1 Å². The lowest BCUT2D eigenvalue weighted by Gasteiger charge is -2.45. The summed E-state index contributed by atoms with van der Waals surface area (Å²) >= 11 is 0. The van der Waals surface area contributed by atoms with Crippen molar-refractivity contribution in [2.75, 3.05) is 11.3 Å². The molecule has 4 bridgehead atoms. The lowest BCUT2D eigenvalue weighted by atomic mass is 9.63. The number of alkyl carbamates (subject to hydrolysis) is 1. The first-order valence-electron chi connectivity index (χ1n) is 15.4. The van der Waals surface area contributed by atoms with E-state index in [1.807, 2.05) is 52.0 Å². The Labute approximate surface area is 261 Å². The van der Waals surface area contributed by atoms with Gasteiger partial charge in [-0.3, -0.25) is 0 Å². The maximum Gasteiger partial charge on any atom is 0.407 e. The molecule has 1 aliphatic carbocycles. The molecular formula is C34H44N4O5S. The minimum Gasteiger partial charge on any atom is -0.477 e. The van der Waals surface area contributed by atoms with E-state index < -0.39 is 16.1 Å². The molecule has 3 aromatic rings. The lowest BCUT2D eigenvalue weighted by molar-refractivity contribution is 0.0793. The second-order valence-corrected chi connectivity index (χ2v) is 15.4. The molecule has 2 heterocycles. The second kappa shape index (κ2) is 12.4. The topological polar surface area (TPSA) is 120 Å². The summed E-state index contributed by atoms with van der Waals surface area (Å²) in [6.45, 7) is 14.7. The Morgan fingerprint density at radius 2 is 1.75 bits per heavy atom. The number of rotatable bonds is 5. The van der Waals surface area contributed by atoms with Gasteiger partial charge in [-0.05, 0) is 93.0 Å². The molecule has 2 N–H and O–H groups in total. The van der Waals surface area contributed by atoms with E-state index in [2.05, 4.69) is 40.8 Å². The predicted molar refractivity (Wildman–Crippen MR) is 171 cm³/mol. The number of ether oxygens (including phenoxy) is 2. The first-order chi connectivity index (χ1) is 20.7. The monoisotopic (exact) mass is 620 g/mol. The molecule has 236 valence electrons. The highest BCUT2D eigenvalue weighted by Gasteiger charge is 2.42. The maximum atomic E-state index is 13.7. The van der Waals surface area contributed by atoms with Crippen molar-refractivity contribution in [3.8, 4) is 17.1 Å². The number of nitrogens with one attached hydrogen (secondary N) is 2. The minimum atomic E-state index is -4.00. The molecule has 1 saturated carbocycles. The number of aryl methyl sites for hydroxylation is 2. The molecule has 2 atom stereocenters. The van der Waals surface area contributed by atoms with Gasteiger partial charge in [-0.2, -0.15) is 4.98 Å². The third-order valence-electron chi connectivity index (χ3n) is 8.39. The van der Waals surface area contributed by atoms with Crippen LogP contribution in [0.1, 0.15) is 76.5 Å². The average molecular weight is 621 g/mol.